The first-order valence-electron chi connectivity index (χ1n) is 10.2. The Hall–Kier alpha value is 0.649. The Morgan fingerprint density at radius 2 is 1.42 bits per heavy atom. The zero-order valence-corrected chi connectivity index (χ0v) is 20.7. The monoisotopic (exact) mass is 463 g/mol. The topological polar surface area (TPSA) is 23.5 Å². The second-order valence-corrected chi connectivity index (χ2v) is 23.0. The van der Waals surface area contributed by atoms with E-state index in [-0.39, 0.29) is 11.5 Å². The molecule has 0 spiro atoms. The quantitative estimate of drug-likeness (QED) is 0.328. The average Bonchev–Trinajstić information content (AvgIpc) is 2.52. The van der Waals surface area contributed by atoms with Crippen LogP contribution >= 0.6 is 12.2 Å². The van der Waals surface area contributed by atoms with Crippen molar-refractivity contribution in [1.82, 2.24) is 4.90 Å². The molecule has 0 aliphatic carbocycles. The van der Waals surface area contributed by atoms with Crippen molar-refractivity contribution in [3.8, 4) is 0 Å². The summed E-state index contributed by atoms with van der Waals surface area (Å²) in [6, 6.07) is 0. The number of likely N-dealkylation sites (tertiary alicyclic amines) is 1. The van der Waals surface area contributed by atoms with Gasteiger partial charge >= 0.3 is 161 Å². The zero-order chi connectivity index (χ0) is 18.4. The first kappa shape index (κ1) is 22.7. The van der Waals surface area contributed by atoms with Crippen LogP contribution in [0.4, 0.5) is 0 Å². The summed E-state index contributed by atoms with van der Waals surface area (Å²) < 4.78 is 4.76. The van der Waals surface area contributed by atoms with Gasteiger partial charge in [0.05, 0.1) is 0 Å². The molecule has 1 fully saturated rings. The molecule has 2 nitrogen and oxygen atoms in total. The molecule has 0 aromatic heterocycles. The van der Waals surface area contributed by atoms with E-state index in [2.05, 4.69) is 46.4 Å². The summed E-state index contributed by atoms with van der Waals surface area (Å²) in [5.74, 6) is 0. The third-order valence-electron chi connectivity index (χ3n) is 5.70. The second-order valence-electron chi connectivity index (χ2n) is 8.89. The van der Waals surface area contributed by atoms with E-state index in [0.717, 1.165) is 11.5 Å². The van der Waals surface area contributed by atoms with Crippen molar-refractivity contribution >= 4 is 35.6 Å². The maximum absolute atomic E-state index is 10.8. The van der Waals surface area contributed by atoms with E-state index in [1.165, 1.54) is 51.8 Å². The van der Waals surface area contributed by atoms with Gasteiger partial charge in [0.25, 0.3) is 0 Å². The Balaban J connectivity index is 3.09. The fourth-order valence-electron chi connectivity index (χ4n) is 4.27. The van der Waals surface area contributed by atoms with Crippen LogP contribution in [0.3, 0.4) is 0 Å². The van der Waals surface area contributed by atoms with Crippen molar-refractivity contribution < 1.29 is 5.11 Å². The van der Waals surface area contributed by atoms with E-state index in [9.17, 15) is 5.11 Å². The summed E-state index contributed by atoms with van der Waals surface area (Å²) in [5.41, 5.74) is 0.0333. The Morgan fingerprint density at radius 3 is 1.71 bits per heavy atom. The summed E-state index contributed by atoms with van der Waals surface area (Å²) in [7, 11) is 0. The number of rotatable bonds is 10. The van der Waals surface area contributed by atoms with Gasteiger partial charge < -0.3 is 0 Å². The van der Waals surface area contributed by atoms with E-state index in [0.29, 0.717) is 4.06 Å². The van der Waals surface area contributed by atoms with E-state index in [1.807, 2.05) is 0 Å². The molecule has 1 heterocycles. The third kappa shape index (κ3) is 5.57. The number of hydrogen-bond donors (Lipinski definition) is 1. The molecule has 0 amide bonds. The molecule has 0 bridgehead atoms. The van der Waals surface area contributed by atoms with Crippen molar-refractivity contribution in [2.75, 3.05) is 6.54 Å². The van der Waals surface area contributed by atoms with Crippen LogP contribution in [0.25, 0.3) is 0 Å². The third-order valence-corrected chi connectivity index (χ3v) is 23.7. The minimum absolute atomic E-state index is 0.0333. The van der Waals surface area contributed by atoms with Crippen LogP contribution in [0.5, 0.6) is 0 Å². The number of aliphatic hydroxyl groups is 1. The van der Waals surface area contributed by atoms with Gasteiger partial charge in [-0.1, -0.05) is 0 Å². The molecular formula is C20H41NOSSn. The molecule has 1 rings (SSSR count). The summed E-state index contributed by atoms with van der Waals surface area (Å²) in [4.78, 5) is 3.56. The van der Waals surface area contributed by atoms with Gasteiger partial charge in [0.15, 0.2) is 0 Å². The number of nitrogens with zero attached hydrogens (tertiary/aromatic N) is 1. The molecule has 2 atom stereocenters. The summed E-state index contributed by atoms with van der Waals surface area (Å²) >= 11 is 3.38. The van der Waals surface area contributed by atoms with Gasteiger partial charge in [-0.05, 0) is 0 Å². The first-order chi connectivity index (χ1) is 11.2. The fourth-order valence-corrected chi connectivity index (χ4v) is 23.6. The van der Waals surface area contributed by atoms with E-state index in [4.69, 9.17) is 12.2 Å². The molecule has 1 saturated heterocycles. The summed E-state index contributed by atoms with van der Waals surface area (Å²) in [5, 5.41) is 10.8. The molecule has 1 aliphatic heterocycles. The normalized spacial score (nSPS) is 21.7. The van der Waals surface area contributed by atoms with Gasteiger partial charge in [0.2, 0.25) is 0 Å². The predicted molar refractivity (Wildman–Crippen MR) is 113 cm³/mol. The molecule has 1 N–H and O–H groups in total. The van der Waals surface area contributed by atoms with Gasteiger partial charge in [0.1, 0.15) is 0 Å². The van der Waals surface area contributed by atoms with Crippen LogP contribution < -0.4 is 0 Å². The fraction of sp³-hybridized carbons (Fsp3) is 0.950. The molecule has 0 aromatic rings. The van der Waals surface area contributed by atoms with Crippen molar-refractivity contribution in [2.24, 2.45) is 5.41 Å². The Bertz CT molecular complexity index is 372. The molecule has 4 heteroatoms. The van der Waals surface area contributed by atoms with Gasteiger partial charge in [-0.15, -0.1) is 0 Å². The van der Waals surface area contributed by atoms with Gasteiger partial charge in [-0.25, -0.2) is 0 Å². The van der Waals surface area contributed by atoms with Crippen LogP contribution in [-0.4, -0.2) is 50.1 Å². The average molecular weight is 462 g/mol. The number of aliphatic hydroxyl groups excluding tert-OH is 1. The molecule has 0 saturated carbocycles. The van der Waals surface area contributed by atoms with E-state index >= 15 is 0 Å². The summed E-state index contributed by atoms with van der Waals surface area (Å²) in [6.07, 6.45) is 7.77. The number of thiocarbonyl (C=S) groups is 1. The zero-order valence-electron chi connectivity index (χ0n) is 17.0. The van der Waals surface area contributed by atoms with E-state index < -0.39 is 18.4 Å². The molecule has 0 unspecified atom stereocenters. The molecule has 24 heavy (non-hydrogen) atoms. The standard InChI is InChI=1S/C8H14NOS.3C4H9.Sn/c1-8(2,3)7(11)9-4-6(10)5-9;3*1-3-4-2;/h4,6,10H,5H2,1-3H3;3*1,3-4H2,2H3;/t6-;;;;/m1..../s1. The molecule has 1 aliphatic rings. The first-order valence-corrected chi connectivity index (χ1v) is 18.3. The number of β-amino-alcohol motifs (C(OH)–C–C–N with tert-alkyl or cyclic N) is 1. The number of unbranched alkanes of at least 4 members (excludes halogenated alkanes) is 3. The van der Waals surface area contributed by atoms with Crippen LogP contribution in [0.15, 0.2) is 0 Å². The van der Waals surface area contributed by atoms with Crippen molar-refractivity contribution in [3.05, 3.63) is 0 Å². The van der Waals surface area contributed by atoms with Crippen molar-refractivity contribution in [2.45, 2.75) is 104 Å². The molecule has 142 valence electrons. The predicted octanol–water partition coefficient (Wildman–Crippen LogP) is 5.79. The van der Waals surface area contributed by atoms with Crippen LogP contribution in [0.2, 0.25) is 13.3 Å². The Morgan fingerprint density at radius 1 is 1.00 bits per heavy atom. The minimum atomic E-state index is -2.47. The van der Waals surface area contributed by atoms with Crippen molar-refractivity contribution in [1.29, 1.82) is 0 Å². The Kier molecular flexibility index (Phi) is 9.55. The van der Waals surface area contributed by atoms with E-state index in [1.54, 1.807) is 0 Å². The van der Waals surface area contributed by atoms with Gasteiger partial charge in [-0.2, -0.15) is 0 Å². The van der Waals surface area contributed by atoms with Gasteiger partial charge in [-0.3, -0.25) is 0 Å². The van der Waals surface area contributed by atoms with Crippen LogP contribution in [-0.2, 0) is 0 Å². The van der Waals surface area contributed by atoms with Crippen molar-refractivity contribution in [3.63, 3.8) is 0 Å². The Labute approximate surface area is 160 Å². The second kappa shape index (κ2) is 10.1. The molecule has 0 radical (unpaired) electrons. The SMILES string of the molecule is CCC[CH2][Sn]([CH2]CCC)([CH2]CCC)[C@@H]1[C@@H](O)CN1C(=S)C(C)(C)C. The van der Waals surface area contributed by atoms with Crippen LogP contribution in [0, 0.1) is 5.41 Å². The molecule has 0 aromatic carbocycles. The summed E-state index contributed by atoms with van der Waals surface area (Å²) in [6.45, 7) is 14.4. The number of hydrogen-bond acceptors (Lipinski definition) is 2. The maximum atomic E-state index is 10.8. The van der Waals surface area contributed by atoms with Gasteiger partial charge in [0, 0.05) is 0 Å². The molecular weight excluding hydrogens is 421 g/mol. The van der Waals surface area contributed by atoms with Crippen LogP contribution in [0.1, 0.15) is 80.1 Å².